The van der Waals surface area contributed by atoms with E-state index in [9.17, 15) is 37.7 Å². The second kappa shape index (κ2) is 14.1. The molecule has 0 saturated heterocycles. The molecule has 2 atom stereocenters. The molecule has 0 fully saturated rings. The second-order valence-corrected chi connectivity index (χ2v) is 14.2. The molecule has 4 amide bonds. The molecule has 0 spiro atoms. The summed E-state index contributed by atoms with van der Waals surface area (Å²) in [5.74, 6) is -1.69. The van der Waals surface area contributed by atoms with Gasteiger partial charge in [-0.3, -0.25) is 48.6 Å². The van der Waals surface area contributed by atoms with Crippen molar-refractivity contribution in [3.05, 3.63) is 105 Å². The Bertz CT molecular complexity index is 2430. The van der Waals surface area contributed by atoms with Crippen LogP contribution in [0.25, 0.3) is 32.3 Å². The number of pyridine rings is 1. The molecule has 5 aromatic rings. The van der Waals surface area contributed by atoms with Gasteiger partial charge >= 0.3 is 0 Å². The smallest absolute Gasteiger partial charge is 0.270 e. The van der Waals surface area contributed by atoms with E-state index in [2.05, 4.69) is 15.6 Å². The fourth-order valence-electron chi connectivity index (χ4n) is 6.76. The minimum atomic E-state index is -3.67. The molecule has 1 aromatic heterocycles. The number of amides is 4. The Kier molecular flexibility index (Phi) is 9.83. The number of imide groups is 2. The largest absolute Gasteiger partial charge is 0.313 e. The normalized spacial score (nSPS) is 15.2. The maximum absolute atomic E-state index is 13.7. The molecular formula is C36H34N6O9S. The molecule has 268 valence electrons. The molecule has 0 aliphatic carbocycles. The lowest BCUT2D eigenvalue weighted by atomic mass is 9.90. The molecule has 0 radical (unpaired) electrons. The van der Waals surface area contributed by atoms with Gasteiger partial charge in [0.2, 0.25) is 0 Å². The van der Waals surface area contributed by atoms with Crippen LogP contribution in [0.5, 0.6) is 0 Å². The van der Waals surface area contributed by atoms with Gasteiger partial charge in [-0.1, -0.05) is 24.3 Å². The van der Waals surface area contributed by atoms with Crippen LogP contribution in [0.3, 0.4) is 0 Å². The van der Waals surface area contributed by atoms with Crippen LogP contribution in [-0.2, 0) is 10.1 Å². The van der Waals surface area contributed by atoms with Crippen LogP contribution in [-0.4, -0.2) is 101 Å². The molecule has 2 aliphatic heterocycles. The van der Waals surface area contributed by atoms with E-state index in [1.54, 1.807) is 49.6 Å². The van der Waals surface area contributed by atoms with Crippen LogP contribution in [0.1, 0.15) is 55.3 Å². The molecule has 3 heterocycles. The van der Waals surface area contributed by atoms with Crippen molar-refractivity contribution in [2.24, 2.45) is 0 Å². The number of carbonyl (C=O) groups excluding carboxylic acids is 4. The van der Waals surface area contributed by atoms with Gasteiger partial charge in [0.05, 0.1) is 16.7 Å². The standard InChI is InChI=1S/C35H30N6O6.CH4O3S/c1-19(39-32(42)26-7-3-5-21-13-23(41(46)47)15-29(30(21)26)35(39)45)16-37-11-12-38-17-20(2)40-33(43)27-8-4-6-25-24-9-10-36-18-22(24)14-28(31(25)27)34(40)44;1-5(2,3)4/h3-10,13-15,18-20,37-38H,11-12,16-17H2,1-2H3;1H3,(H,2,3,4)/t19-,20-;/m1./s1. The fourth-order valence-corrected chi connectivity index (χ4v) is 6.76. The van der Waals surface area contributed by atoms with Crippen LogP contribution >= 0.6 is 0 Å². The molecule has 0 saturated carbocycles. The van der Waals surface area contributed by atoms with E-state index in [0.717, 1.165) is 21.1 Å². The summed E-state index contributed by atoms with van der Waals surface area (Å²) in [7, 11) is -3.67. The van der Waals surface area contributed by atoms with Crippen LogP contribution < -0.4 is 10.6 Å². The van der Waals surface area contributed by atoms with Crippen molar-refractivity contribution < 1.29 is 37.1 Å². The number of nitro benzene ring substituents is 1. The van der Waals surface area contributed by atoms with Crippen LogP contribution in [0.2, 0.25) is 0 Å². The van der Waals surface area contributed by atoms with Gasteiger partial charge in [-0.05, 0) is 54.3 Å². The number of hydrogen-bond donors (Lipinski definition) is 3. The zero-order valence-electron chi connectivity index (χ0n) is 28.3. The molecule has 4 aromatic carbocycles. The first kappa shape index (κ1) is 36.1. The molecule has 2 aliphatic rings. The summed E-state index contributed by atoms with van der Waals surface area (Å²) in [6.45, 7) is 5.19. The van der Waals surface area contributed by atoms with Crippen molar-refractivity contribution >= 4 is 71.8 Å². The number of carbonyl (C=O) groups is 4. The Morgan fingerprint density at radius 1 is 0.750 bits per heavy atom. The van der Waals surface area contributed by atoms with E-state index in [-0.39, 0.29) is 23.1 Å². The van der Waals surface area contributed by atoms with E-state index >= 15 is 0 Å². The summed E-state index contributed by atoms with van der Waals surface area (Å²) < 4.78 is 25.9. The summed E-state index contributed by atoms with van der Waals surface area (Å²) in [6, 6.07) is 15.8. The molecule has 16 heteroatoms. The molecule has 0 unspecified atom stereocenters. The highest BCUT2D eigenvalue weighted by atomic mass is 32.2. The average Bonchev–Trinajstić information content (AvgIpc) is 3.10. The van der Waals surface area contributed by atoms with Crippen molar-refractivity contribution in [1.29, 1.82) is 0 Å². The quantitative estimate of drug-likeness (QED) is 0.0469. The Hall–Kier alpha value is -5.68. The molecule has 15 nitrogen and oxygen atoms in total. The zero-order valence-corrected chi connectivity index (χ0v) is 29.1. The van der Waals surface area contributed by atoms with Gasteiger partial charge in [0.1, 0.15) is 0 Å². The summed E-state index contributed by atoms with van der Waals surface area (Å²) in [5.41, 5.74) is 1.23. The van der Waals surface area contributed by atoms with Gasteiger partial charge in [-0.15, -0.1) is 0 Å². The minimum Gasteiger partial charge on any atom is -0.313 e. The summed E-state index contributed by atoms with van der Waals surface area (Å²) in [6.07, 6.45) is 4.13. The summed E-state index contributed by atoms with van der Waals surface area (Å²) in [5, 5.41) is 22.2. The first-order valence-corrected chi connectivity index (χ1v) is 18.1. The number of nitrogens with one attached hydrogen (secondary N) is 2. The van der Waals surface area contributed by atoms with Crippen LogP contribution in [0.4, 0.5) is 5.69 Å². The Morgan fingerprint density at radius 3 is 1.85 bits per heavy atom. The third-order valence-corrected chi connectivity index (χ3v) is 8.98. The fraction of sp³-hybridized carbons (Fsp3) is 0.250. The molecule has 0 bridgehead atoms. The van der Waals surface area contributed by atoms with Crippen LogP contribution in [0, 0.1) is 10.1 Å². The second-order valence-electron chi connectivity index (χ2n) is 12.7. The van der Waals surface area contributed by atoms with E-state index < -0.39 is 38.9 Å². The third kappa shape index (κ3) is 6.83. The summed E-state index contributed by atoms with van der Waals surface area (Å²) in [4.78, 5) is 71.6. The predicted octanol–water partition coefficient (Wildman–Crippen LogP) is 3.80. The van der Waals surface area contributed by atoms with Crippen molar-refractivity contribution in [2.75, 3.05) is 32.4 Å². The molecule has 3 N–H and O–H groups in total. The van der Waals surface area contributed by atoms with Gasteiger partial charge < -0.3 is 10.6 Å². The highest BCUT2D eigenvalue weighted by Gasteiger charge is 2.38. The maximum atomic E-state index is 13.7. The highest BCUT2D eigenvalue weighted by molar-refractivity contribution is 7.85. The van der Waals surface area contributed by atoms with E-state index in [4.69, 9.17) is 4.55 Å². The monoisotopic (exact) mass is 726 g/mol. The van der Waals surface area contributed by atoms with Gasteiger partial charge in [-0.25, -0.2) is 0 Å². The predicted molar refractivity (Wildman–Crippen MR) is 193 cm³/mol. The number of nitrogens with zero attached hydrogens (tertiary/aromatic N) is 4. The lowest BCUT2D eigenvalue weighted by molar-refractivity contribution is -0.384. The number of rotatable bonds is 10. The zero-order chi connectivity index (χ0) is 37.5. The average molecular weight is 727 g/mol. The lowest BCUT2D eigenvalue weighted by Gasteiger charge is -2.32. The number of fused-ring (bicyclic) bond motifs is 2. The maximum Gasteiger partial charge on any atom is 0.270 e. The molecular weight excluding hydrogens is 692 g/mol. The van der Waals surface area contributed by atoms with Crippen molar-refractivity contribution in [2.45, 2.75) is 25.9 Å². The van der Waals surface area contributed by atoms with Crippen LogP contribution in [0.15, 0.2) is 73.1 Å². The van der Waals surface area contributed by atoms with Gasteiger partial charge in [0.15, 0.2) is 0 Å². The minimum absolute atomic E-state index is 0.137. The first-order valence-electron chi connectivity index (χ1n) is 16.3. The SMILES string of the molecule is CS(=O)(=O)O.C[C@H](CNCCNC[C@@H](C)N1C(=O)c2cccc3c2c(cc2cnccc23)C1=O)N1C(=O)c2cccc3cc([N+](=O)[O-])cc(c23)C1=O. The highest BCUT2D eigenvalue weighted by Crippen LogP contribution is 2.36. The van der Waals surface area contributed by atoms with Crippen molar-refractivity contribution in [3.63, 3.8) is 0 Å². The van der Waals surface area contributed by atoms with Gasteiger partial charge in [-0.2, -0.15) is 8.42 Å². The van der Waals surface area contributed by atoms with Crippen molar-refractivity contribution in [1.82, 2.24) is 25.4 Å². The van der Waals surface area contributed by atoms with E-state index in [1.165, 1.54) is 17.0 Å². The Morgan fingerprint density at radius 2 is 1.27 bits per heavy atom. The molecule has 7 rings (SSSR count). The first-order chi connectivity index (χ1) is 24.7. The number of hydrogen-bond acceptors (Lipinski definition) is 11. The molecule has 52 heavy (non-hydrogen) atoms. The number of benzene rings is 4. The Balaban J connectivity index is 0.000000870. The number of nitro groups is 1. The van der Waals surface area contributed by atoms with E-state index in [1.807, 2.05) is 25.1 Å². The van der Waals surface area contributed by atoms with E-state index in [0.29, 0.717) is 65.3 Å². The third-order valence-electron chi connectivity index (χ3n) is 8.98. The Labute approximate surface area is 297 Å². The lowest BCUT2D eigenvalue weighted by Crippen LogP contribution is -2.51. The van der Waals surface area contributed by atoms with Crippen molar-refractivity contribution in [3.8, 4) is 0 Å². The number of aromatic nitrogens is 1. The van der Waals surface area contributed by atoms with Gasteiger partial charge in [0, 0.05) is 95.6 Å². The number of non-ortho nitro benzene ring substituents is 1. The topological polar surface area (TPSA) is 209 Å². The van der Waals surface area contributed by atoms with Gasteiger partial charge in [0.25, 0.3) is 39.4 Å². The summed E-state index contributed by atoms with van der Waals surface area (Å²) >= 11 is 0.